The van der Waals surface area contributed by atoms with Crippen LogP contribution in [-0.4, -0.2) is 138 Å². The Morgan fingerprint density at radius 1 is 0.821 bits per heavy atom. The highest BCUT2D eigenvalue weighted by Crippen LogP contribution is 2.22. The number of hydrogen-bond donors (Lipinski definition) is 5. The first kappa shape index (κ1) is 47.7. The van der Waals surface area contributed by atoms with Crippen molar-refractivity contribution in [2.24, 2.45) is 11.8 Å². The average molecular weight is 794 g/mol. The number of nitrogens with zero attached hydrogens (tertiary/aromatic N) is 4. The summed E-state index contributed by atoms with van der Waals surface area (Å²) >= 11 is 0. The first-order valence-corrected chi connectivity index (χ1v) is 19.4. The smallest absolute Gasteiger partial charge is 0.326 e. The van der Waals surface area contributed by atoms with Gasteiger partial charge >= 0.3 is 5.97 Å². The SMILES string of the molecule is CCC(C)n1cc(COCC(=O)NCC(=O)OC(C)(CC)C(=O)[C@H](CC(C)C)NC(=O)CNC(=O)[C@H](CC(C)C)NC(=O)CNC(=O)CN2CCOCC2)nn1. The van der Waals surface area contributed by atoms with E-state index in [1.807, 2.05) is 46.4 Å². The normalized spacial score (nSPS) is 15.9. The van der Waals surface area contributed by atoms with E-state index in [1.165, 1.54) is 6.92 Å². The molecule has 4 atom stereocenters. The Hall–Kier alpha value is -4.49. The van der Waals surface area contributed by atoms with E-state index in [0.717, 1.165) is 6.42 Å². The van der Waals surface area contributed by atoms with Crippen molar-refractivity contribution in [2.75, 3.05) is 59.1 Å². The lowest BCUT2D eigenvalue weighted by Gasteiger charge is -2.32. The molecule has 0 aromatic carbocycles. The van der Waals surface area contributed by atoms with Gasteiger partial charge in [-0.1, -0.05) is 46.8 Å². The zero-order chi connectivity index (χ0) is 41.8. The van der Waals surface area contributed by atoms with Gasteiger partial charge in [0.2, 0.25) is 29.5 Å². The van der Waals surface area contributed by atoms with Gasteiger partial charge in [0.25, 0.3) is 0 Å². The lowest BCUT2D eigenvalue weighted by molar-refractivity contribution is -0.167. The zero-order valence-electron chi connectivity index (χ0n) is 34.2. The summed E-state index contributed by atoms with van der Waals surface area (Å²) in [7, 11) is 0. The van der Waals surface area contributed by atoms with Gasteiger partial charge in [-0.25, -0.2) is 4.68 Å². The number of amides is 5. The molecule has 0 aliphatic carbocycles. The molecular formula is C37H63N9O10. The van der Waals surface area contributed by atoms with E-state index in [1.54, 1.807) is 17.8 Å². The number of ketones is 1. The fourth-order valence-corrected chi connectivity index (χ4v) is 5.59. The third kappa shape index (κ3) is 17.5. The number of hydrogen-bond acceptors (Lipinski definition) is 13. The molecule has 0 saturated carbocycles. The summed E-state index contributed by atoms with van der Waals surface area (Å²) in [4.78, 5) is 92.0. The largest absolute Gasteiger partial charge is 0.450 e. The molecule has 2 rings (SSSR count). The molecule has 1 aliphatic heterocycles. The lowest BCUT2D eigenvalue weighted by atomic mass is 9.88. The molecule has 56 heavy (non-hydrogen) atoms. The molecular weight excluding hydrogens is 730 g/mol. The molecule has 0 bridgehead atoms. The van der Waals surface area contributed by atoms with Crippen LogP contribution in [0.2, 0.25) is 0 Å². The van der Waals surface area contributed by atoms with Crippen LogP contribution in [-0.2, 0) is 54.4 Å². The van der Waals surface area contributed by atoms with Gasteiger partial charge in [-0.05, 0) is 51.4 Å². The van der Waals surface area contributed by atoms with Crippen LogP contribution in [0.15, 0.2) is 6.20 Å². The number of morpholine rings is 1. The number of aromatic nitrogens is 3. The summed E-state index contributed by atoms with van der Waals surface area (Å²) in [6.45, 7) is 15.4. The predicted octanol–water partition coefficient (Wildman–Crippen LogP) is -0.211. The molecule has 316 valence electrons. The lowest BCUT2D eigenvalue weighted by Crippen LogP contribution is -2.56. The molecule has 1 saturated heterocycles. The molecule has 19 nitrogen and oxygen atoms in total. The molecule has 1 fully saturated rings. The fourth-order valence-electron chi connectivity index (χ4n) is 5.59. The third-order valence-electron chi connectivity index (χ3n) is 9.11. The van der Waals surface area contributed by atoms with E-state index < -0.39 is 66.2 Å². The summed E-state index contributed by atoms with van der Waals surface area (Å²) < 4.78 is 17.9. The minimum Gasteiger partial charge on any atom is -0.450 e. The number of carbonyl (C=O) groups is 7. The number of nitrogens with one attached hydrogen (secondary N) is 5. The third-order valence-corrected chi connectivity index (χ3v) is 9.11. The molecule has 1 aromatic rings. The predicted molar refractivity (Wildman–Crippen MR) is 204 cm³/mol. The Morgan fingerprint density at radius 3 is 2.02 bits per heavy atom. The van der Waals surface area contributed by atoms with Crippen LogP contribution in [0.3, 0.4) is 0 Å². The van der Waals surface area contributed by atoms with Gasteiger partial charge in [-0.15, -0.1) is 5.10 Å². The van der Waals surface area contributed by atoms with Crippen LogP contribution >= 0.6 is 0 Å². The monoisotopic (exact) mass is 793 g/mol. The summed E-state index contributed by atoms with van der Waals surface area (Å²) in [6.07, 6.45) is 3.18. The fraction of sp³-hybridized carbons (Fsp3) is 0.757. The minimum atomic E-state index is -1.64. The standard InChI is InChI=1S/C37H63N9O10/c1-9-26(7)46-20-27(43-44-46)22-55-23-33(50)39-19-34(51)56-37(8,10-2)35(52)28(15-24(3)4)41-31(48)18-40-36(53)29(16-25(5)6)42-30(47)17-38-32(49)21-45-11-13-54-14-12-45/h20,24-26,28-29H,9-19,21-23H2,1-8H3,(H,38,49)(H,39,50)(H,40,53)(H,41,48)(H,42,47)/t26?,28-,29-,37?/m0/s1. The summed E-state index contributed by atoms with van der Waals surface area (Å²) in [6, 6.07) is -1.87. The maximum absolute atomic E-state index is 13.8. The Balaban J connectivity index is 1.89. The van der Waals surface area contributed by atoms with Crippen LogP contribution in [0.25, 0.3) is 0 Å². The Kier molecular flexibility index (Phi) is 20.6. The molecule has 0 spiro atoms. The topological polar surface area (TPSA) is 241 Å². The van der Waals surface area contributed by atoms with Gasteiger partial charge in [0.05, 0.1) is 57.7 Å². The van der Waals surface area contributed by atoms with E-state index in [0.29, 0.717) is 32.0 Å². The molecule has 19 heteroatoms. The highest BCUT2D eigenvalue weighted by molar-refractivity contribution is 5.97. The highest BCUT2D eigenvalue weighted by atomic mass is 16.6. The van der Waals surface area contributed by atoms with Gasteiger partial charge in [0, 0.05) is 13.1 Å². The van der Waals surface area contributed by atoms with Crippen LogP contribution < -0.4 is 26.6 Å². The first-order chi connectivity index (χ1) is 26.5. The van der Waals surface area contributed by atoms with Crippen LogP contribution in [0.4, 0.5) is 0 Å². The minimum absolute atomic E-state index is 0.00789. The molecule has 0 radical (unpaired) electrons. The van der Waals surface area contributed by atoms with Gasteiger partial charge in [-0.2, -0.15) is 0 Å². The van der Waals surface area contributed by atoms with E-state index in [-0.39, 0.29) is 69.4 Å². The number of carbonyl (C=O) groups excluding carboxylic acids is 7. The van der Waals surface area contributed by atoms with Crippen molar-refractivity contribution >= 4 is 41.3 Å². The Bertz CT molecular complexity index is 1460. The second-order valence-electron chi connectivity index (χ2n) is 15.0. The van der Waals surface area contributed by atoms with Gasteiger partial charge in [-0.3, -0.25) is 38.5 Å². The molecule has 2 unspecified atom stereocenters. The van der Waals surface area contributed by atoms with Gasteiger partial charge in [0.15, 0.2) is 11.4 Å². The molecule has 2 heterocycles. The van der Waals surface area contributed by atoms with E-state index >= 15 is 0 Å². The summed E-state index contributed by atoms with van der Waals surface area (Å²) in [5.74, 6) is -4.19. The van der Waals surface area contributed by atoms with Crippen LogP contribution in [0.1, 0.15) is 92.8 Å². The van der Waals surface area contributed by atoms with Crippen molar-refractivity contribution in [3.63, 3.8) is 0 Å². The van der Waals surface area contributed by atoms with Gasteiger partial charge < -0.3 is 40.8 Å². The summed E-state index contributed by atoms with van der Waals surface area (Å²) in [5.41, 5.74) is -1.09. The highest BCUT2D eigenvalue weighted by Gasteiger charge is 2.41. The van der Waals surface area contributed by atoms with E-state index in [2.05, 4.69) is 36.9 Å². The molecule has 1 aliphatic rings. The van der Waals surface area contributed by atoms with Crippen molar-refractivity contribution in [3.8, 4) is 0 Å². The molecule has 5 N–H and O–H groups in total. The summed E-state index contributed by atoms with van der Waals surface area (Å²) in [5, 5.41) is 20.9. The number of rotatable bonds is 25. The molecule has 5 amide bonds. The van der Waals surface area contributed by atoms with Crippen molar-refractivity contribution < 1.29 is 47.8 Å². The van der Waals surface area contributed by atoms with Gasteiger partial charge in [0.1, 0.15) is 24.9 Å². The quantitative estimate of drug-likeness (QED) is 0.0807. The van der Waals surface area contributed by atoms with Crippen molar-refractivity contribution in [2.45, 2.75) is 111 Å². The Labute approximate surface area is 329 Å². The van der Waals surface area contributed by atoms with Crippen LogP contribution in [0, 0.1) is 11.8 Å². The second-order valence-corrected chi connectivity index (χ2v) is 15.0. The van der Waals surface area contributed by atoms with E-state index in [4.69, 9.17) is 14.2 Å². The number of ether oxygens (including phenoxy) is 3. The maximum atomic E-state index is 13.8. The van der Waals surface area contributed by atoms with Crippen LogP contribution in [0.5, 0.6) is 0 Å². The van der Waals surface area contributed by atoms with E-state index in [9.17, 15) is 33.6 Å². The van der Waals surface area contributed by atoms with Crippen molar-refractivity contribution in [1.29, 1.82) is 0 Å². The second kappa shape index (κ2) is 24.2. The zero-order valence-corrected chi connectivity index (χ0v) is 34.2. The van der Waals surface area contributed by atoms with Crippen molar-refractivity contribution in [3.05, 3.63) is 11.9 Å². The molecule has 1 aromatic heterocycles. The number of Topliss-reactive ketones (excluding diaryl/α,β-unsaturated/α-hetero) is 1. The first-order valence-electron chi connectivity index (χ1n) is 19.4. The average Bonchev–Trinajstić information content (AvgIpc) is 3.63. The Morgan fingerprint density at radius 2 is 1.41 bits per heavy atom. The maximum Gasteiger partial charge on any atom is 0.326 e. The van der Waals surface area contributed by atoms with Crippen molar-refractivity contribution in [1.82, 2.24) is 46.5 Å². The number of esters is 1.